The van der Waals surface area contributed by atoms with Crippen LogP contribution in [0.15, 0.2) is 0 Å². The third kappa shape index (κ3) is 4.76. The zero-order valence-corrected chi connectivity index (χ0v) is 16.7. The standard InChI is InChI=1S/C16H34O5Si/c1-10-22(19-12(2)3,20-13(4)5)21-15(7,8)16(9)17-11-14(6)18-16/h12-14H,10-11H2,1-9H3. The summed E-state index contributed by atoms with van der Waals surface area (Å²) in [4.78, 5) is 0. The molecule has 6 heteroatoms. The summed E-state index contributed by atoms with van der Waals surface area (Å²) < 4.78 is 30.6. The molecule has 0 N–H and O–H groups in total. The number of ether oxygens (including phenoxy) is 2. The Labute approximate surface area is 137 Å². The van der Waals surface area contributed by atoms with Crippen molar-refractivity contribution in [3.05, 3.63) is 0 Å². The minimum atomic E-state index is -2.83. The van der Waals surface area contributed by atoms with Gasteiger partial charge in [0.2, 0.25) is 0 Å². The van der Waals surface area contributed by atoms with E-state index in [1.807, 2.05) is 62.3 Å². The van der Waals surface area contributed by atoms with Crippen LogP contribution in [0.5, 0.6) is 0 Å². The maximum absolute atomic E-state index is 6.48. The SMILES string of the molecule is CC[Si](OC(C)C)(OC(C)C)OC(C)(C)C1(C)OCC(C)O1. The van der Waals surface area contributed by atoms with Crippen molar-refractivity contribution in [3.63, 3.8) is 0 Å². The monoisotopic (exact) mass is 334 g/mol. The van der Waals surface area contributed by atoms with Crippen LogP contribution in [0.3, 0.4) is 0 Å². The van der Waals surface area contributed by atoms with Crippen molar-refractivity contribution >= 4 is 8.80 Å². The molecular formula is C16H34O5Si. The number of rotatable bonds is 8. The molecule has 22 heavy (non-hydrogen) atoms. The van der Waals surface area contributed by atoms with Gasteiger partial charge in [-0.25, -0.2) is 0 Å². The molecule has 2 atom stereocenters. The molecule has 132 valence electrons. The molecule has 1 rings (SSSR count). The van der Waals surface area contributed by atoms with E-state index in [-0.39, 0.29) is 18.3 Å². The molecule has 1 saturated heterocycles. The maximum atomic E-state index is 6.48. The maximum Gasteiger partial charge on any atom is 0.501 e. The van der Waals surface area contributed by atoms with Gasteiger partial charge < -0.3 is 22.8 Å². The Hall–Kier alpha value is 0.0169. The van der Waals surface area contributed by atoms with Gasteiger partial charge in [0.05, 0.1) is 12.7 Å². The van der Waals surface area contributed by atoms with Crippen LogP contribution in [0.1, 0.15) is 62.3 Å². The fourth-order valence-electron chi connectivity index (χ4n) is 2.56. The van der Waals surface area contributed by atoms with E-state index >= 15 is 0 Å². The summed E-state index contributed by atoms with van der Waals surface area (Å²) >= 11 is 0. The van der Waals surface area contributed by atoms with Gasteiger partial charge in [0.1, 0.15) is 5.60 Å². The van der Waals surface area contributed by atoms with E-state index in [1.165, 1.54) is 0 Å². The molecule has 0 aromatic rings. The summed E-state index contributed by atoms with van der Waals surface area (Å²) in [6.07, 6.45) is 0.138. The van der Waals surface area contributed by atoms with Crippen molar-refractivity contribution in [1.29, 1.82) is 0 Å². The van der Waals surface area contributed by atoms with Crippen molar-refractivity contribution in [2.24, 2.45) is 0 Å². The molecule has 0 radical (unpaired) electrons. The quantitative estimate of drug-likeness (QED) is 0.633. The summed E-state index contributed by atoms with van der Waals surface area (Å²) in [5.41, 5.74) is -0.677. The lowest BCUT2D eigenvalue weighted by molar-refractivity contribution is -0.255. The van der Waals surface area contributed by atoms with Crippen molar-refractivity contribution in [1.82, 2.24) is 0 Å². The minimum absolute atomic E-state index is 0.0401. The van der Waals surface area contributed by atoms with Gasteiger partial charge in [-0.2, -0.15) is 0 Å². The second-order valence-corrected chi connectivity index (χ2v) is 9.92. The van der Waals surface area contributed by atoms with Crippen LogP contribution in [-0.2, 0) is 22.8 Å². The Morgan fingerprint density at radius 3 is 2.00 bits per heavy atom. The van der Waals surface area contributed by atoms with Gasteiger partial charge in [-0.3, -0.25) is 0 Å². The normalized spacial score (nSPS) is 27.1. The van der Waals surface area contributed by atoms with Crippen LogP contribution >= 0.6 is 0 Å². The third-order valence-corrected chi connectivity index (χ3v) is 7.14. The lowest BCUT2D eigenvalue weighted by atomic mass is 10.00. The van der Waals surface area contributed by atoms with Crippen LogP contribution in [0.25, 0.3) is 0 Å². The average Bonchev–Trinajstić information content (AvgIpc) is 2.68. The second-order valence-electron chi connectivity index (χ2n) is 7.17. The highest BCUT2D eigenvalue weighted by atomic mass is 28.4. The van der Waals surface area contributed by atoms with Gasteiger partial charge in [0.15, 0.2) is 5.79 Å². The highest BCUT2D eigenvalue weighted by Gasteiger charge is 2.55. The summed E-state index contributed by atoms with van der Waals surface area (Å²) in [7, 11) is -2.83. The van der Waals surface area contributed by atoms with E-state index < -0.39 is 20.2 Å². The molecule has 0 aromatic heterocycles. The first kappa shape index (κ1) is 20.1. The molecule has 1 aliphatic rings. The highest BCUT2D eigenvalue weighted by molar-refractivity contribution is 6.60. The predicted octanol–water partition coefficient (Wildman–Crippen LogP) is 3.74. The Kier molecular flexibility index (Phi) is 6.64. The minimum Gasteiger partial charge on any atom is -0.371 e. The molecule has 0 aromatic carbocycles. The van der Waals surface area contributed by atoms with Crippen LogP contribution in [-0.4, -0.2) is 45.1 Å². The van der Waals surface area contributed by atoms with Gasteiger partial charge in [0, 0.05) is 18.3 Å². The average molecular weight is 335 g/mol. The molecule has 1 heterocycles. The third-order valence-electron chi connectivity index (χ3n) is 3.79. The van der Waals surface area contributed by atoms with Crippen LogP contribution < -0.4 is 0 Å². The molecule has 2 unspecified atom stereocenters. The van der Waals surface area contributed by atoms with E-state index in [0.29, 0.717) is 12.7 Å². The summed E-state index contributed by atoms with van der Waals surface area (Å²) in [6.45, 7) is 18.5. The van der Waals surface area contributed by atoms with Crippen LogP contribution in [0.4, 0.5) is 0 Å². The highest BCUT2D eigenvalue weighted by Crippen LogP contribution is 2.39. The van der Waals surface area contributed by atoms with Crippen molar-refractivity contribution < 1.29 is 22.8 Å². The first-order valence-electron chi connectivity index (χ1n) is 8.33. The lowest BCUT2D eigenvalue weighted by Crippen LogP contribution is -2.60. The molecule has 0 aliphatic carbocycles. The Morgan fingerprint density at radius 1 is 1.18 bits per heavy atom. The molecule has 5 nitrogen and oxygen atoms in total. The largest absolute Gasteiger partial charge is 0.501 e. The smallest absolute Gasteiger partial charge is 0.371 e. The summed E-state index contributed by atoms with van der Waals surface area (Å²) in [5, 5.41) is 0. The van der Waals surface area contributed by atoms with E-state index in [4.69, 9.17) is 22.8 Å². The zero-order valence-electron chi connectivity index (χ0n) is 15.7. The lowest BCUT2D eigenvalue weighted by Gasteiger charge is -2.45. The van der Waals surface area contributed by atoms with Gasteiger partial charge in [0.25, 0.3) is 0 Å². The Bertz CT molecular complexity index is 348. The van der Waals surface area contributed by atoms with Crippen LogP contribution in [0, 0.1) is 0 Å². The van der Waals surface area contributed by atoms with E-state index in [9.17, 15) is 0 Å². The first-order valence-corrected chi connectivity index (χ1v) is 10.3. The van der Waals surface area contributed by atoms with Gasteiger partial charge >= 0.3 is 8.80 Å². The van der Waals surface area contributed by atoms with Crippen LogP contribution in [0.2, 0.25) is 6.04 Å². The fourth-order valence-corrected chi connectivity index (χ4v) is 5.59. The predicted molar refractivity (Wildman–Crippen MR) is 88.7 cm³/mol. The van der Waals surface area contributed by atoms with Gasteiger partial charge in [-0.15, -0.1) is 0 Å². The molecule has 0 amide bonds. The number of hydrogen-bond acceptors (Lipinski definition) is 5. The van der Waals surface area contributed by atoms with Crippen molar-refractivity contribution in [2.45, 2.75) is 98.1 Å². The molecule has 0 bridgehead atoms. The van der Waals surface area contributed by atoms with E-state index in [2.05, 4.69) is 0 Å². The topological polar surface area (TPSA) is 46.2 Å². The van der Waals surface area contributed by atoms with Crippen molar-refractivity contribution in [3.8, 4) is 0 Å². The molecule has 1 aliphatic heterocycles. The van der Waals surface area contributed by atoms with E-state index in [1.54, 1.807) is 0 Å². The zero-order chi connectivity index (χ0) is 17.2. The molecular weight excluding hydrogens is 300 g/mol. The van der Waals surface area contributed by atoms with Crippen molar-refractivity contribution in [2.75, 3.05) is 6.61 Å². The molecule has 1 fully saturated rings. The molecule has 0 spiro atoms. The summed E-state index contributed by atoms with van der Waals surface area (Å²) in [5.74, 6) is -0.805. The number of hydrogen-bond donors (Lipinski definition) is 0. The van der Waals surface area contributed by atoms with E-state index in [0.717, 1.165) is 0 Å². The molecule has 0 saturated carbocycles. The summed E-state index contributed by atoms with van der Waals surface area (Å²) in [6, 6.07) is 0.707. The van der Waals surface area contributed by atoms with Gasteiger partial charge in [-0.05, 0) is 55.4 Å². The fraction of sp³-hybridized carbons (Fsp3) is 1.00. The Morgan fingerprint density at radius 2 is 1.68 bits per heavy atom. The Balaban J connectivity index is 3.00. The second kappa shape index (κ2) is 7.28. The van der Waals surface area contributed by atoms with Gasteiger partial charge in [-0.1, -0.05) is 6.92 Å². The first-order chi connectivity index (χ1) is 9.95.